The second-order valence-corrected chi connectivity index (χ2v) is 5.07. The van der Waals surface area contributed by atoms with Crippen molar-refractivity contribution in [2.24, 2.45) is 10.2 Å². The predicted molar refractivity (Wildman–Crippen MR) is 83.2 cm³/mol. The minimum atomic E-state index is 0.629. The van der Waals surface area contributed by atoms with Crippen molar-refractivity contribution in [2.75, 3.05) is 18.0 Å². The highest BCUT2D eigenvalue weighted by Crippen LogP contribution is 2.24. The Hall–Kier alpha value is -2.67. The van der Waals surface area contributed by atoms with E-state index in [1.54, 1.807) is 24.3 Å². The number of azo groups is 1. The summed E-state index contributed by atoms with van der Waals surface area (Å²) in [4.78, 5) is 2.39. The highest BCUT2D eigenvalue weighted by molar-refractivity contribution is 5.53. The van der Waals surface area contributed by atoms with Crippen LogP contribution >= 0.6 is 0 Å². The quantitative estimate of drug-likeness (QED) is 0.771. The first-order valence-electron chi connectivity index (χ1n) is 7.12. The van der Waals surface area contributed by atoms with E-state index in [0.717, 1.165) is 24.5 Å². The molecule has 1 aliphatic heterocycles. The Morgan fingerprint density at radius 1 is 0.810 bits per heavy atom. The average Bonchev–Trinajstić information content (AvgIpc) is 3.08. The van der Waals surface area contributed by atoms with E-state index in [1.165, 1.54) is 18.5 Å². The van der Waals surface area contributed by atoms with Crippen molar-refractivity contribution >= 4 is 17.1 Å². The van der Waals surface area contributed by atoms with E-state index in [0.29, 0.717) is 5.56 Å². The van der Waals surface area contributed by atoms with Crippen LogP contribution in [-0.2, 0) is 0 Å². The van der Waals surface area contributed by atoms with Crippen LogP contribution in [0.5, 0.6) is 0 Å². The van der Waals surface area contributed by atoms with Gasteiger partial charge in [-0.2, -0.15) is 15.5 Å². The topological polar surface area (TPSA) is 51.8 Å². The first kappa shape index (κ1) is 13.3. The Morgan fingerprint density at radius 2 is 1.33 bits per heavy atom. The number of rotatable bonds is 3. The van der Waals surface area contributed by atoms with E-state index in [-0.39, 0.29) is 0 Å². The minimum Gasteiger partial charge on any atom is -0.372 e. The van der Waals surface area contributed by atoms with E-state index in [2.05, 4.69) is 33.3 Å². The Kier molecular flexibility index (Phi) is 3.92. The summed E-state index contributed by atoms with van der Waals surface area (Å²) in [6.45, 7) is 2.29. The fraction of sp³-hybridized carbons (Fsp3) is 0.235. The van der Waals surface area contributed by atoms with Gasteiger partial charge in [0.1, 0.15) is 0 Å². The third-order valence-electron chi connectivity index (χ3n) is 3.60. The van der Waals surface area contributed by atoms with Crippen LogP contribution in [0.25, 0.3) is 0 Å². The second kappa shape index (κ2) is 6.19. The number of nitriles is 1. The Balaban J connectivity index is 1.69. The summed E-state index contributed by atoms with van der Waals surface area (Å²) in [5, 5.41) is 17.1. The smallest absolute Gasteiger partial charge is 0.0991 e. The molecule has 104 valence electrons. The molecule has 4 nitrogen and oxygen atoms in total. The highest BCUT2D eigenvalue weighted by Gasteiger charge is 2.11. The fourth-order valence-corrected chi connectivity index (χ4v) is 2.42. The van der Waals surface area contributed by atoms with Gasteiger partial charge in [0.15, 0.2) is 0 Å². The van der Waals surface area contributed by atoms with E-state index in [4.69, 9.17) is 5.26 Å². The third-order valence-corrected chi connectivity index (χ3v) is 3.60. The van der Waals surface area contributed by atoms with Crippen molar-refractivity contribution in [1.82, 2.24) is 0 Å². The zero-order valence-electron chi connectivity index (χ0n) is 11.7. The molecular weight excluding hydrogens is 260 g/mol. The summed E-state index contributed by atoms with van der Waals surface area (Å²) in [7, 11) is 0. The molecule has 0 N–H and O–H groups in total. The highest BCUT2D eigenvalue weighted by atomic mass is 15.1. The van der Waals surface area contributed by atoms with Crippen molar-refractivity contribution in [2.45, 2.75) is 12.8 Å². The van der Waals surface area contributed by atoms with Gasteiger partial charge in [-0.05, 0) is 61.4 Å². The van der Waals surface area contributed by atoms with Crippen molar-refractivity contribution < 1.29 is 0 Å². The van der Waals surface area contributed by atoms with Crippen LogP contribution in [0, 0.1) is 11.3 Å². The normalized spacial score (nSPS) is 14.5. The molecule has 3 rings (SSSR count). The number of anilines is 1. The molecule has 0 aliphatic carbocycles. The lowest BCUT2D eigenvalue weighted by Crippen LogP contribution is -2.17. The third kappa shape index (κ3) is 3.26. The SMILES string of the molecule is N#Cc1ccc(N=Nc2ccc(N3CCCC3)cc2)cc1. The van der Waals surface area contributed by atoms with Crippen molar-refractivity contribution in [1.29, 1.82) is 5.26 Å². The molecule has 0 unspecified atom stereocenters. The predicted octanol–water partition coefficient (Wildman–Crippen LogP) is 4.57. The number of hydrogen-bond acceptors (Lipinski definition) is 4. The van der Waals surface area contributed by atoms with Gasteiger partial charge in [-0.3, -0.25) is 0 Å². The lowest BCUT2D eigenvalue weighted by molar-refractivity contribution is 0.949. The van der Waals surface area contributed by atoms with Gasteiger partial charge in [-0.15, -0.1) is 0 Å². The van der Waals surface area contributed by atoms with Crippen LogP contribution in [0.2, 0.25) is 0 Å². The molecule has 21 heavy (non-hydrogen) atoms. The zero-order chi connectivity index (χ0) is 14.5. The first-order valence-corrected chi connectivity index (χ1v) is 7.12. The van der Waals surface area contributed by atoms with Crippen molar-refractivity contribution in [3.63, 3.8) is 0 Å². The molecule has 2 aromatic carbocycles. The number of benzene rings is 2. The van der Waals surface area contributed by atoms with Gasteiger partial charge in [-0.25, -0.2) is 0 Å². The lowest BCUT2D eigenvalue weighted by Gasteiger charge is -2.17. The van der Waals surface area contributed by atoms with Crippen LogP contribution < -0.4 is 4.90 Å². The molecule has 2 aromatic rings. The molecule has 0 aromatic heterocycles. The van der Waals surface area contributed by atoms with E-state index in [1.807, 2.05) is 12.1 Å². The molecule has 0 saturated carbocycles. The summed E-state index contributed by atoms with van der Waals surface area (Å²) in [5.74, 6) is 0. The summed E-state index contributed by atoms with van der Waals surface area (Å²) in [6.07, 6.45) is 2.56. The van der Waals surface area contributed by atoms with Gasteiger partial charge >= 0.3 is 0 Å². The molecule has 1 fully saturated rings. The molecule has 1 heterocycles. The molecule has 1 saturated heterocycles. The first-order chi connectivity index (χ1) is 10.3. The van der Waals surface area contributed by atoms with Crippen LogP contribution in [0.4, 0.5) is 17.1 Å². The van der Waals surface area contributed by atoms with Gasteiger partial charge < -0.3 is 4.90 Å². The molecule has 0 spiro atoms. The maximum Gasteiger partial charge on any atom is 0.0991 e. The van der Waals surface area contributed by atoms with Gasteiger partial charge in [0.25, 0.3) is 0 Å². The van der Waals surface area contributed by atoms with Gasteiger partial charge in [-0.1, -0.05) is 0 Å². The molecular formula is C17H16N4. The average molecular weight is 276 g/mol. The van der Waals surface area contributed by atoms with Crippen LogP contribution in [0.15, 0.2) is 58.8 Å². The molecule has 0 bridgehead atoms. The molecule has 4 heteroatoms. The van der Waals surface area contributed by atoms with Crippen LogP contribution in [0.1, 0.15) is 18.4 Å². The largest absolute Gasteiger partial charge is 0.372 e. The van der Waals surface area contributed by atoms with E-state index < -0.39 is 0 Å². The standard InChI is InChI=1S/C17H16N4/c18-13-14-3-5-15(6-4-14)19-20-16-7-9-17(10-8-16)21-11-1-2-12-21/h3-10H,1-2,11-12H2. The Morgan fingerprint density at radius 3 is 1.86 bits per heavy atom. The van der Waals surface area contributed by atoms with Crippen molar-refractivity contribution in [3.8, 4) is 6.07 Å². The van der Waals surface area contributed by atoms with Crippen LogP contribution in [0.3, 0.4) is 0 Å². The summed E-state index contributed by atoms with van der Waals surface area (Å²) >= 11 is 0. The molecule has 0 atom stereocenters. The summed E-state index contributed by atoms with van der Waals surface area (Å²) in [5.41, 5.74) is 3.47. The molecule has 0 amide bonds. The lowest BCUT2D eigenvalue weighted by atomic mass is 10.2. The van der Waals surface area contributed by atoms with Crippen molar-refractivity contribution in [3.05, 3.63) is 54.1 Å². The molecule has 1 aliphatic rings. The monoisotopic (exact) mass is 276 g/mol. The zero-order valence-corrected chi connectivity index (χ0v) is 11.7. The van der Waals surface area contributed by atoms with Crippen LogP contribution in [-0.4, -0.2) is 13.1 Å². The Bertz CT molecular complexity index is 659. The number of hydrogen-bond donors (Lipinski definition) is 0. The fourth-order valence-electron chi connectivity index (χ4n) is 2.42. The minimum absolute atomic E-state index is 0.629. The van der Waals surface area contributed by atoms with Gasteiger partial charge in [0.05, 0.1) is 23.0 Å². The number of nitrogens with zero attached hydrogens (tertiary/aromatic N) is 4. The van der Waals surface area contributed by atoms with Gasteiger partial charge in [0.2, 0.25) is 0 Å². The second-order valence-electron chi connectivity index (χ2n) is 5.07. The van der Waals surface area contributed by atoms with E-state index in [9.17, 15) is 0 Å². The molecule has 0 radical (unpaired) electrons. The van der Waals surface area contributed by atoms with Gasteiger partial charge in [0, 0.05) is 18.8 Å². The van der Waals surface area contributed by atoms with E-state index >= 15 is 0 Å². The summed E-state index contributed by atoms with van der Waals surface area (Å²) in [6, 6.07) is 17.3. The Labute approximate surface area is 124 Å². The maximum atomic E-state index is 8.74. The maximum absolute atomic E-state index is 8.74. The summed E-state index contributed by atoms with van der Waals surface area (Å²) < 4.78 is 0.